The second kappa shape index (κ2) is 7.07. The van der Waals surface area contributed by atoms with E-state index in [1.165, 1.54) is 11.9 Å². The Balaban J connectivity index is 1.32. The maximum Gasteiger partial charge on any atom is 0.231 e. The van der Waals surface area contributed by atoms with Crippen molar-refractivity contribution in [1.82, 2.24) is 24.4 Å². The van der Waals surface area contributed by atoms with Crippen LogP contribution in [-0.4, -0.2) is 57.4 Å². The van der Waals surface area contributed by atoms with Crippen LogP contribution in [0.4, 0.5) is 11.8 Å². The van der Waals surface area contributed by atoms with Crippen LogP contribution in [0.3, 0.4) is 0 Å². The van der Waals surface area contributed by atoms with Crippen molar-refractivity contribution in [1.29, 1.82) is 0 Å². The molecule has 0 radical (unpaired) electrons. The molecule has 0 bridgehead atoms. The van der Waals surface area contributed by atoms with Gasteiger partial charge >= 0.3 is 0 Å². The third-order valence-electron chi connectivity index (χ3n) is 5.50. The molecule has 152 valence electrons. The van der Waals surface area contributed by atoms with Crippen molar-refractivity contribution in [3.8, 4) is 11.5 Å². The number of nitrogens with two attached hydrogens (primary N) is 1. The fourth-order valence-electron chi connectivity index (χ4n) is 4.02. The highest BCUT2D eigenvalue weighted by Crippen LogP contribution is 2.33. The Labute approximate surface area is 169 Å². The molecule has 4 heterocycles. The molecule has 9 heteroatoms. The maximum absolute atomic E-state index is 6.04. The van der Waals surface area contributed by atoms with Crippen LogP contribution >= 0.6 is 0 Å². The number of benzene rings is 1. The van der Waals surface area contributed by atoms with Crippen molar-refractivity contribution in [2.24, 2.45) is 0 Å². The second-order valence-corrected chi connectivity index (χ2v) is 7.76. The quantitative estimate of drug-likeness (QED) is 0.717. The molecule has 2 aliphatic heterocycles. The maximum atomic E-state index is 6.04. The Morgan fingerprint density at radius 3 is 2.66 bits per heavy atom. The van der Waals surface area contributed by atoms with Gasteiger partial charge in [-0.1, -0.05) is 6.07 Å². The lowest BCUT2D eigenvalue weighted by molar-refractivity contribution is 0.174. The van der Waals surface area contributed by atoms with Gasteiger partial charge in [0.1, 0.15) is 6.33 Å². The Hall–Kier alpha value is -3.07. The van der Waals surface area contributed by atoms with E-state index in [1.54, 1.807) is 0 Å². The van der Waals surface area contributed by atoms with Crippen LogP contribution < -0.4 is 20.1 Å². The fraction of sp³-hybridized carbons (Fsp3) is 0.450. The molecule has 0 saturated carbocycles. The highest BCUT2D eigenvalue weighted by atomic mass is 16.7. The zero-order chi connectivity index (χ0) is 20.0. The molecule has 5 rings (SSSR count). The molecular formula is C20H25N7O2. The summed E-state index contributed by atoms with van der Waals surface area (Å²) in [5.74, 6) is 3.01. The summed E-state index contributed by atoms with van der Waals surface area (Å²) in [6, 6.07) is 6.41. The van der Waals surface area contributed by atoms with E-state index in [2.05, 4.69) is 50.3 Å². The Morgan fingerprint density at radius 2 is 1.86 bits per heavy atom. The lowest BCUT2D eigenvalue weighted by atomic mass is 10.1. The van der Waals surface area contributed by atoms with Crippen LogP contribution in [0.25, 0.3) is 11.2 Å². The zero-order valence-corrected chi connectivity index (χ0v) is 16.7. The molecule has 3 aromatic rings. The number of nitrogens with zero attached hydrogens (tertiary/aromatic N) is 6. The molecule has 0 atom stereocenters. The number of piperazine rings is 1. The van der Waals surface area contributed by atoms with E-state index >= 15 is 0 Å². The number of aromatic nitrogens is 4. The van der Waals surface area contributed by atoms with E-state index in [0.717, 1.165) is 55.8 Å². The van der Waals surface area contributed by atoms with Gasteiger partial charge in [0.15, 0.2) is 28.5 Å². The molecule has 2 aliphatic rings. The minimum absolute atomic E-state index is 0.232. The first-order chi connectivity index (χ1) is 14.1. The summed E-state index contributed by atoms with van der Waals surface area (Å²) in [4.78, 5) is 18.1. The summed E-state index contributed by atoms with van der Waals surface area (Å²) in [7, 11) is 0. The number of imidazole rings is 1. The molecule has 0 amide bonds. The van der Waals surface area contributed by atoms with E-state index in [1.807, 2.05) is 6.07 Å². The Morgan fingerprint density at radius 1 is 1.07 bits per heavy atom. The largest absolute Gasteiger partial charge is 0.454 e. The first-order valence-corrected chi connectivity index (χ1v) is 9.94. The highest BCUT2D eigenvalue weighted by Gasteiger charge is 2.25. The number of nitrogen functional groups attached to an aromatic ring is 1. The third kappa shape index (κ3) is 3.21. The summed E-state index contributed by atoms with van der Waals surface area (Å²) in [5.41, 5.74) is 8.75. The van der Waals surface area contributed by atoms with Crippen LogP contribution in [0.2, 0.25) is 0 Å². The minimum atomic E-state index is 0.232. The van der Waals surface area contributed by atoms with E-state index in [9.17, 15) is 0 Å². The molecule has 1 fully saturated rings. The lowest BCUT2D eigenvalue weighted by Crippen LogP contribution is -2.47. The average Bonchev–Trinajstić information content (AvgIpc) is 3.33. The van der Waals surface area contributed by atoms with E-state index in [0.29, 0.717) is 18.1 Å². The van der Waals surface area contributed by atoms with Gasteiger partial charge < -0.3 is 20.1 Å². The number of anilines is 2. The zero-order valence-electron chi connectivity index (χ0n) is 16.7. The summed E-state index contributed by atoms with van der Waals surface area (Å²) >= 11 is 0. The van der Waals surface area contributed by atoms with Crippen LogP contribution in [0.15, 0.2) is 24.5 Å². The average molecular weight is 395 g/mol. The van der Waals surface area contributed by atoms with E-state index in [-0.39, 0.29) is 6.04 Å². The predicted molar refractivity (Wildman–Crippen MR) is 110 cm³/mol. The summed E-state index contributed by atoms with van der Waals surface area (Å²) in [6.07, 6.45) is 1.51. The standard InChI is InChI=1S/C20H25N7O2/c1-13(2)27-19-17(18(21)22-11-23-19)24-20(27)26-7-5-25(6-8-26)10-14-3-4-15-16(9-14)29-12-28-15/h3-4,9,11,13H,5-8,10,12H2,1-2H3,(H2,21,22,23). The molecule has 0 spiro atoms. The van der Waals surface area contributed by atoms with Gasteiger partial charge in [0.2, 0.25) is 12.7 Å². The summed E-state index contributed by atoms with van der Waals surface area (Å²) in [5, 5.41) is 0. The smallest absolute Gasteiger partial charge is 0.231 e. The summed E-state index contributed by atoms with van der Waals surface area (Å²) < 4.78 is 13.0. The topological polar surface area (TPSA) is 94.6 Å². The second-order valence-electron chi connectivity index (χ2n) is 7.76. The van der Waals surface area contributed by atoms with Gasteiger partial charge in [0.05, 0.1) is 0 Å². The van der Waals surface area contributed by atoms with Crippen LogP contribution in [0, 0.1) is 0 Å². The highest BCUT2D eigenvalue weighted by molar-refractivity contribution is 5.84. The number of ether oxygens (including phenoxy) is 2. The van der Waals surface area contributed by atoms with Crippen molar-refractivity contribution < 1.29 is 9.47 Å². The van der Waals surface area contributed by atoms with Crippen LogP contribution in [0.1, 0.15) is 25.5 Å². The normalized spacial score (nSPS) is 16.9. The van der Waals surface area contributed by atoms with Gasteiger partial charge in [-0.05, 0) is 31.5 Å². The van der Waals surface area contributed by atoms with Gasteiger partial charge in [-0.15, -0.1) is 0 Å². The first kappa shape index (κ1) is 18.0. The SMILES string of the molecule is CC(C)n1c(N2CCN(Cc3ccc4c(c3)OCO4)CC2)nc2c(N)ncnc21. The van der Waals surface area contributed by atoms with Crippen molar-refractivity contribution >= 4 is 22.9 Å². The number of fused-ring (bicyclic) bond motifs is 2. The molecule has 2 N–H and O–H groups in total. The minimum Gasteiger partial charge on any atom is -0.454 e. The van der Waals surface area contributed by atoms with E-state index < -0.39 is 0 Å². The Kier molecular flexibility index (Phi) is 4.39. The van der Waals surface area contributed by atoms with E-state index in [4.69, 9.17) is 20.2 Å². The molecule has 29 heavy (non-hydrogen) atoms. The molecule has 0 unspecified atom stereocenters. The third-order valence-corrected chi connectivity index (χ3v) is 5.50. The molecule has 2 aromatic heterocycles. The number of hydrogen-bond acceptors (Lipinski definition) is 8. The van der Waals surface area contributed by atoms with Crippen molar-refractivity contribution in [3.05, 3.63) is 30.1 Å². The first-order valence-electron chi connectivity index (χ1n) is 9.94. The van der Waals surface area contributed by atoms with Crippen molar-refractivity contribution in [3.63, 3.8) is 0 Å². The fourth-order valence-corrected chi connectivity index (χ4v) is 4.02. The molecule has 9 nitrogen and oxygen atoms in total. The van der Waals surface area contributed by atoms with Gasteiger partial charge in [0.25, 0.3) is 0 Å². The van der Waals surface area contributed by atoms with Crippen molar-refractivity contribution in [2.45, 2.75) is 26.4 Å². The Bertz CT molecular complexity index is 1040. The van der Waals surface area contributed by atoms with Crippen LogP contribution in [-0.2, 0) is 6.54 Å². The molecule has 0 aliphatic carbocycles. The van der Waals surface area contributed by atoms with Gasteiger partial charge in [-0.3, -0.25) is 9.47 Å². The molecular weight excluding hydrogens is 370 g/mol. The predicted octanol–water partition coefficient (Wildman–Crippen LogP) is 2.04. The van der Waals surface area contributed by atoms with Gasteiger partial charge in [-0.2, -0.15) is 0 Å². The number of hydrogen-bond donors (Lipinski definition) is 1. The summed E-state index contributed by atoms with van der Waals surface area (Å²) in [6.45, 7) is 9.18. The lowest BCUT2D eigenvalue weighted by Gasteiger charge is -2.35. The van der Waals surface area contributed by atoms with Gasteiger partial charge in [0, 0.05) is 38.8 Å². The van der Waals surface area contributed by atoms with Crippen LogP contribution in [0.5, 0.6) is 11.5 Å². The molecule has 1 saturated heterocycles. The number of rotatable bonds is 4. The monoisotopic (exact) mass is 395 g/mol. The van der Waals surface area contributed by atoms with Crippen molar-refractivity contribution in [2.75, 3.05) is 43.6 Å². The molecule has 1 aromatic carbocycles. The van der Waals surface area contributed by atoms with Gasteiger partial charge in [-0.25, -0.2) is 15.0 Å².